The molecule has 4 rings (SSSR count). The number of aromatic nitrogens is 1. The molecule has 1 N–H and O–H groups in total. The highest BCUT2D eigenvalue weighted by Gasteiger charge is 2.20. The lowest BCUT2D eigenvalue weighted by atomic mass is 10.1. The van der Waals surface area contributed by atoms with Gasteiger partial charge in [0.1, 0.15) is 5.82 Å². The number of nitrogens with zero attached hydrogens (tertiary/aromatic N) is 2. The van der Waals surface area contributed by atoms with E-state index in [0.717, 1.165) is 33.3 Å². The molecule has 1 unspecified atom stereocenters. The average molecular weight is 467 g/mol. The number of amides is 1. The highest BCUT2D eigenvalue weighted by Crippen LogP contribution is 2.31. The van der Waals surface area contributed by atoms with Gasteiger partial charge >= 0.3 is 0 Å². The number of halogens is 1. The first-order valence-corrected chi connectivity index (χ1v) is 11.4. The molecule has 0 aliphatic carbocycles. The molecule has 6 nitrogen and oxygen atoms in total. The van der Waals surface area contributed by atoms with Crippen molar-refractivity contribution in [1.29, 1.82) is 0 Å². The largest absolute Gasteiger partial charge is 0.755 e. The van der Waals surface area contributed by atoms with Gasteiger partial charge in [-0.3, -0.25) is 18.6 Å². The van der Waals surface area contributed by atoms with E-state index in [2.05, 4.69) is 10.3 Å². The Labute approximate surface area is 190 Å². The molecule has 0 saturated carbocycles. The molecular weight excluding hydrogens is 449 g/mol. The zero-order valence-electron chi connectivity index (χ0n) is 16.8. The minimum Gasteiger partial charge on any atom is -0.755 e. The summed E-state index contributed by atoms with van der Waals surface area (Å²) in [5, 5.41) is 4.96. The number of anilines is 3. The number of aryl methyl sites for hydroxylation is 1. The summed E-state index contributed by atoms with van der Waals surface area (Å²) in [6.07, 6.45) is 0. The smallest absolute Gasteiger partial charge is 0.259 e. The summed E-state index contributed by atoms with van der Waals surface area (Å²) in [4.78, 5) is 17.5. The van der Waals surface area contributed by atoms with E-state index >= 15 is 0 Å². The van der Waals surface area contributed by atoms with Crippen molar-refractivity contribution in [2.75, 3.05) is 9.62 Å². The van der Waals surface area contributed by atoms with Crippen LogP contribution in [-0.4, -0.2) is 19.7 Å². The predicted octanol–water partition coefficient (Wildman–Crippen LogP) is 5.44. The zero-order valence-corrected chi connectivity index (χ0v) is 18.5. The average Bonchev–Trinajstić information content (AvgIpc) is 3.24. The monoisotopic (exact) mass is 466 g/mol. The Hall–Kier alpha value is -3.40. The molecule has 162 valence electrons. The van der Waals surface area contributed by atoms with E-state index in [1.54, 1.807) is 12.1 Å². The summed E-state index contributed by atoms with van der Waals surface area (Å²) in [6, 6.07) is 19.1. The highest BCUT2D eigenvalue weighted by atomic mass is 32.2. The lowest BCUT2D eigenvalue weighted by molar-refractivity contribution is 0.102. The molecule has 0 radical (unpaired) electrons. The molecule has 1 heterocycles. The molecule has 4 aromatic rings. The van der Waals surface area contributed by atoms with Gasteiger partial charge in [0.05, 0.1) is 33.9 Å². The molecule has 0 fully saturated rings. The summed E-state index contributed by atoms with van der Waals surface area (Å²) in [5.74, 6) is -1.01. The first kappa shape index (κ1) is 21.8. The summed E-state index contributed by atoms with van der Waals surface area (Å²) in [5.41, 5.74) is 3.27. The molecule has 1 amide bonds. The van der Waals surface area contributed by atoms with Crippen LogP contribution in [0.15, 0.2) is 78.2 Å². The van der Waals surface area contributed by atoms with E-state index in [1.165, 1.54) is 35.6 Å². The van der Waals surface area contributed by atoms with Gasteiger partial charge in [-0.2, -0.15) is 0 Å². The molecule has 0 aliphatic heterocycles. The fourth-order valence-electron chi connectivity index (χ4n) is 3.08. The van der Waals surface area contributed by atoms with Gasteiger partial charge in [-0.05, 0) is 43.3 Å². The number of nitrogens with one attached hydrogen (secondary N) is 1. The van der Waals surface area contributed by atoms with E-state index < -0.39 is 23.0 Å². The molecule has 0 saturated heterocycles. The number of hydrogen-bond donors (Lipinski definition) is 1. The minimum atomic E-state index is -2.74. The van der Waals surface area contributed by atoms with E-state index in [9.17, 15) is 17.9 Å². The third-order valence-electron chi connectivity index (χ3n) is 4.65. The molecule has 0 spiro atoms. The number of hydrogen-bond acceptors (Lipinski definition) is 5. The minimum absolute atomic E-state index is 0.133. The van der Waals surface area contributed by atoms with Crippen LogP contribution in [-0.2, 0) is 11.3 Å². The topological polar surface area (TPSA) is 85.4 Å². The van der Waals surface area contributed by atoms with Crippen molar-refractivity contribution in [2.24, 2.45) is 0 Å². The number of para-hydroxylation sites is 1. The van der Waals surface area contributed by atoms with Crippen LogP contribution in [0.1, 0.15) is 15.9 Å². The number of benzene rings is 3. The Morgan fingerprint density at radius 3 is 2.44 bits per heavy atom. The Balaban J connectivity index is 1.62. The molecule has 0 bridgehead atoms. The van der Waals surface area contributed by atoms with Crippen molar-refractivity contribution in [3.8, 4) is 11.3 Å². The first-order chi connectivity index (χ1) is 15.4. The quantitative estimate of drug-likeness (QED) is 0.383. The fraction of sp³-hybridized carbons (Fsp3) is 0.0435. The summed E-state index contributed by atoms with van der Waals surface area (Å²) >= 11 is -1.47. The van der Waals surface area contributed by atoms with Gasteiger partial charge < -0.3 is 4.55 Å². The van der Waals surface area contributed by atoms with Crippen LogP contribution >= 0.6 is 11.3 Å². The van der Waals surface area contributed by atoms with E-state index in [-0.39, 0.29) is 16.9 Å². The molecule has 1 aromatic heterocycles. The van der Waals surface area contributed by atoms with Crippen LogP contribution in [0.25, 0.3) is 11.3 Å². The van der Waals surface area contributed by atoms with E-state index in [0.29, 0.717) is 5.13 Å². The Kier molecular flexibility index (Phi) is 6.40. The van der Waals surface area contributed by atoms with Gasteiger partial charge in [0.25, 0.3) is 5.91 Å². The number of carbonyl (C=O) groups excluding carboxylic acids is 1. The Morgan fingerprint density at radius 2 is 1.75 bits per heavy atom. The van der Waals surface area contributed by atoms with Gasteiger partial charge in [0.15, 0.2) is 5.13 Å². The van der Waals surface area contributed by atoms with Crippen molar-refractivity contribution < 1.29 is 17.9 Å². The maximum absolute atomic E-state index is 13.3. The van der Waals surface area contributed by atoms with Gasteiger partial charge in [0.2, 0.25) is 0 Å². The number of thiazole rings is 1. The normalized spacial score (nSPS) is 11.7. The Morgan fingerprint density at radius 1 is 1.06 bits per heavy atom. The maximum Gasteiger partial charge on any atom is 0.259 e. The molecular formula is C23H17FN3O3S2-. The molecule has 1 atom stereocenters. The van der Waals surface area contributed by atoms with Crippen LogP contribution < -0.4 is 9.62 Å². The van der Waals surface area contributed by atoms with Crippen LogP contribution in [0.2, 0.25) is 0 Å². The second-order valence-electron chi connectivity index (χ2n) is 6.86. The molecule has 32 heavy (non-hydrogen) atoms. The second kappa shape index (κ2) is 9.39. The van der Waals surface area contributed by atoms with Gasteiger partial charge in [0, 0.05) is 10.9 Å². The van der Waals surface area contributed by atoms with Crippen molar-refractivity contribution >= 4 is 45.0 Å². The van der Waals surface area contributed by atoms with Crippen LogP contribution in [0.3, 0.4) is 0 Å². The van der Waals surface area contributed by atoms with Crippen molar-refractivity contribution in [3.63, 3.8) is 0 Å². The SMILES string of the molecule is Cc1ccc(-c2csc(NC(=O)c3ccccc3N(c3ccc(F)cc3)S(=O)[O-])n2)cc1. The first-order valence-electron chi connectivity index (χ1n) is 9.50. The third kappa shape index (κ3) is 4.75. The Bertz CT molecular complexity index is 1270. The number of rotatable bonds is 6. The highest BCUT2D eigenvalue weighted by molar-refractivity contribution is 7.81. The molecule has 3 aromatic carbocycles. The second-order valence-corrected chi connectivity index (χ2v) is 8.52. The maximum atomic E-state index is 13.3. The predicted molar refractivity (Wildman–Crippen MR) is 124 cm³/mol. The number of carbonyl (C=O) groups is 1. The van der Waals surface area contributed by atoms with Crippen molar-refractivity contribution in [1.82, 2.24) is 4.98 Å². The summed E-state index contributed by atoms with van der Waals surface area (Å²) < 4.78 is 38.2. The summed E-state index contributed by atoms with van der Waals surface area (Å²) in [6.45, 7) is 2.00. The van der Waals surface area contributed by atoms with Gasteiger partial charge in [-0.15, -0.1) is 11.3 Å². The van der Waals surface area contributed by atoms with Crippen LogP contribution in [0.5, 0.6) is 0 Å². The lowest BCUT2D eigenvalue weighted by Crippen LogP contribution is -2.23. The lowest BCUT2D eigenvalue weighted by Gasteiger charge is -2.28. The van der Waals surface area contributed by atoms with E-state index in [4.69, 9.17) is 0 Å². The molecule has 9 heteroatoms. The molecule has 0 aliphatic rings. The van der Waals surface area contributed by atoms with Crippen molar-refractivity contribution in [2.45, 2.75) is 6.92 Å². The standard InChI is InChI=1S/C23H18FN3O3S2/c1-15-6-8-16(9-7-15)20-14-31-23(25-20)26-22(28)19-4-2-3-5-21(19)27(32(29)30)18-12-10-17(24)11-13-18/h2-14H,1H3,(H,29,30)(H,25,26,28)/p-1. The van der Waals surface area contributed by atoms with Crippen molar-refractivity contribution in [3.05, 3.63) is 95.1 Å². The third-order valence-corrected chi connectivity index (χ3v) is 6.11. The van der Waals surface area contributed by atoms with Crippen LogP contribution in [0, 0.1) is 12.7 Å². The van der Waals surface area contributed by atoms with Crippen LogP contribution in [0.4, 0.5) is 20.9 Å². The summed E-state index contributed by atoms with van der Waals surface area (Å²) in [7, 11) is 0. The fourth-order valence-corrected chi connectivity index (χ4v) is 4.41. The van der Waals surface area contributed by atoms with Gasteiger partial charge in [-0.1, -0.05) is 42.0 Å². The zero-order chi connectivity index (χ0) is 22.7. The van der Waals surface area contributed by atoms with Gasteiger partial charge in [-0.25, -0.2) is 9.37 Å². The van der Waals surface area contributed by atoms with E-state index in [1.807, 2.05) is 36.6 Å².